The first-order valence-electron chi connectivity index (χ1n) is 13.0. The molecule has 1 aliphatic rings. The van der Waals surface area contributed by atoms with Gasteiger partial charge < -0.3 is 19.3 Å². The maximum atomic E-state index is 12.9. The Kier molecular flexibility index (Phi) is 8.95. The van der Waals surface area contributed by atoms with Crippen LogP contribution in [0.15, 0.2) is 106 Å². The molecule has 0 aliphatic carbocycles. The Balaban J connectivity index is 1.40. The molecule has 1 amide bonds. The third-order valence-corrected chi connectivity index (χ3v) is 7.72. The average molecular weight is 600 g/mol. The monoisotopic (exact) mass is 599 g/mol. The number of benzene rings is 4. The number of aliphatic imine (C=N–C) groups is 1. The summed E-state index contributed by atoms with van der Waals surface area (Å²) in [4.78, 5) is 30.0. The Morgan fingerprint density at radius 3 is 2.48 bits per heavy atom. The van der Waals surface area contributed by atoms with Gasteiger partial charge in [0.05, 0.1) is 29.2 Å². The topological polar surface area (TPSA) is 94.4 Å². The number of carbonyl (C=O) groups is 2. The van der Waals surface area contributed by atoms with Crippen LogP contribution in [0.25, 0.3) is 16.8 Å². The quantitative estimate of drug-likeness (QED) is 0.207. The SMILES string of the molecule is CCOC(=O)C1=C(O)/C(=C/c2ccc(OCc3ccc4ccccc4c3)c(OC)c2)SC1=NC(=O)c1ccccc1Cl. The van der Waals surface area contributed by atoms with Gasteiger partial charge in [-0.25, -0.2) is 9.79 Å². The van der Waals surface area contributed by atoms with Gasteiger partial charge >= 0.3 is 5.97 Å². The van der Waals surface area contributed by atoms with Crippen LogP contribution in [0.5, 0.6) is 11.5 Å². The van der Waals surface area contributed by atoms with Crippen LogP contribution in [0.1, 0.15) is 28.4 Å². The zero-order chi connectivity index (χ0) is 29.6. The number of nitrogens with zero attached hydrogens (tertiary/aromatic N) is 1. The highest BCUT2D eigenvalue weighted by Gasteiger charge is 2.34. The molecule has 0 unspecified atom stereocenters. The maximum absolute atomic E-state index is 12.9. The summed E-state index contributed by atoms with van der Waals surface area (Å²) in [5.74, 6) is -0.726. The van der Waals surface area contributed by atoms with Crippen molar-refractivity contribution in [3.05, 3.63) is 123 Å². The van der Waals surface area contributed by atoms with Crippen LogP contribution in [0.2, 0.25) is 5.02 Å². The van der Waals surface area contributed by atoms with Crippen molar-refractivity contribution < 1.29 is 28.9 Å². The number of aliphatic hydroxyl groups is 1. The van der Waals surface area contributed by atoms with Gasteiger partial charge in [0.1, 0.15) is 23.0 Å². The van der Waals surface area contributed by atoms with E-state index in [2.05, 4.69) is 29.3 Å². The van der Waals surface area contributed by atoms with E-state index >= 15 is 0 Å². The van der Waals surface area contributed by atoms with E-state index in [1.165, 1.54) is 6.07 Å². The molecule has 5 rings (SSSR count). The largest absolute Gasteiger partial charge is 0.506 e. The Morgan fingerprint density at radius 2 is 1.71 bits per heavy atom. The van der Waals surface area contributed by atoms with E-state index in [0.717, 1.165) is 28.1 Å². The summed E-state index contributed by atoms with van der Waals surface area (Å²) in [5.41, 5.74) is 1.68. The fraction of sp³-hybridized carbons (Fsp3) is 0.121. The molecule has 0 radical (unpaired) electrons. The number of hydrogen-bond donors (Lipinski definition) is 1. The minimum Gasteiger partial charge on any atom is -0.506 e. The Hall–Kier alpha value is -4.53. The Labute approximate surface area is 252 Å². The minimum atomic E-state index is -0.786. The summed E-state index contributed by atoms with van der Waals surface area (Å²) >= 11 is 7.14. The number of hydrogen-bond acceptors (Lipinski definition) is 7. The van der Waals surface area contributed by atoms with E-state index in [-0.39, 0.29) is 33.6 Å². The molecule has 1 heterocycles. The first-order valence-corrected chi connectivity index (χ1v) is 14.2. The third-order valence-electron chi connectivity index (χ3n) is 6.37. The fourth-order valence-electron chi connectivity index (χ4n) is 4.31. The van der Waals surface area contributed by atoms with Crippen LogP contribution in [0, 0.1) is 0 Å². The van der Waals surface area contributed by atoms with Crippen LogP contribution in [0.3, 0.4) is 0 Å². The fourth-order valence-corrected chi connectivity index (χ4v) is 5.54. The molecule has 7 nitrogen and oxygen atoms in total. The minimum absolute atomic E-state index is 0.0180. The highest BCUT2D eigenvalue weighted by molar-refractivity contribution is 8.18. The molecular formula is C33H26ClNO6S. The van der Waals surface area contributed by atoms with E-state index in [1.807, 2.05) is 18.2 Å². The number of halogens is 1. The molecule has 42 heavy (non-hydrogen) atoms. The second kappa shape index (κ2) is 13.0. The van der Waals surface area contributed by atoms with E-state index in [0.29, 0.717) is 28.6 Å². The first kappa shape index (κ1) is 29.0. The summed E-state index contributed by atoms with van der Waals surface area (Å²) in [6.07, 6.45) is 1.66. The van der Waals surface area contributed by atoms with Crippen molar-refractivity contribution in [2.24, 2.45) is 4.99 Å². The van der Waals surface area contributed by atoms with Gasteiger partial charge in [-0.05, 0) is 65.2 Å². The Morgan fingerprint density at radius 1 is 0.952 bits per heavy atom. The second-order valence-electron chi connectivity index (χ2n) is 9.14. The average Bonchev–Trinajstić information content (AvgIpc) is 3.30. The summed E-state index contributed by atoms with van der Waals surface area (Å²) < 4.78 is 16.8. The maximum Gasteiger partial charge on any atom is 0.344 e. The van der Waals surface area contributed by atoms with E-state index in [1.54, 1.807) is 56.5 Å². The van der Waals surface area contributed by atoms with E-state index in [9.17, 15) is 14.7 Å². The van der Waals surface area contributed by atoms with E-state index in [4.69, 9.17) is 25.8 Å². The first-order chi connectivity index (χ1) is 20.4. The molecule has 4 aromatic carbocycles. The van der Waals surface area contributed by atoms with Gasteiger partial charge in [-0.15, -0.1) is 0 Å². The van der Waals surface area contributed by atoms with Gasteiger partial charge in [0.15, 0.2) is 11.5 Å². The number of amides is 1. The molecule has 4 aromatic rings. The molecule has 0 spiro atoms. The summed E-state index contributed by atoms with van der Waals surface area (Å²) in [7, 11) is 1.54. The molecule has 0 saturated heterocycles. The highest BCUT2D eigenvalue weighted by Crippen LogP contribution is 2.40. The summed E-state index contributed by atoms with van der Waals surface area (Å²) in [5, 5.41) is 13.5. The van der Waals surface area contributed by atoms with Crippen molar-refractivity contribution in [1.29, 1.82) is 0 Å². The molecule has 1 aliphatic heterocycles. The van der Waals surface area contributed by atoms with Crippen molar-refractivity contribution in [3.8, 4) is 11.5 Å². The number of carbonyl (C=O) groups excluding carboxylic acids is 2. The lowest BCUT2D eigenvalue weighted by molar-refractivity contribution is -0.138. The van der Waals surface area contributed by atoms with Crippen LogP contribution >= 0.6 is 23.4 Å². The lowest BCUT2D eigenvalue weighted by Gasteiger charge is -2.12. The molecule has 9 heteroatoms. The number of esters is 1. The second-order valence-corrected chi connectivity index (χ2v) is 10.6. The van der Waals surface area contributed by atoms with Crippen LogP contribution in [-0.2, 0) is 16.1 Å². The van der Waals surface area contributed by atoms with Gasteiger partial charge in [-0.1, -0.05) is 78.0 Å². The number of fused-ring (bicyclic) bond motifs is 1. The number of aliphatic hydroxyl groups excluding tert-OH is 1. The van der Waals surface area contributed by atoms with Crippen LogP contribution in [-0.4, -0.2) is 35.7 Å². The van der Waals surface area contributed by atoms with Crippen LogP contribution in [0.4, 0.5) is 0 Å². The van der Waals surface area contributed by atoms with Crippen molar-refractivity contribution >= 4 is 57.1 Å². The Bertz CT molecular complexity index is 1780. The zero-order valence-electron chi connectivity index (χ0n) is 22.8. The van der Waals surface area contributed by atoms with Gasteiger partial charge in [-0.3, -0.25) is 4.79 Å². The van der Waals surface area contributed by atoms with Gasteiger partial charge in [0.25, 0.3) is 5.91 Å². The molecule has 0 bridgehead atoms. The third kappa shape index (κ3) is 6.35. The number of methoxy groups -OCH3 is 1. The number of rotatable bonds is 8. The van der Waals surface area contributed by atoms with Gasteiger partial charge in [-0.2, -0.15) is 0 Å². The summed E-state index contributed by atoms with van der Waals surface area (Å²) in [6, 6.07) is 26.1. The van der Waals surface area contributed by atoms with Gasteiger partial charge in [0.2, 0.25) is 0 Å². The van der Waals surface area contributed by atoms with Crippen molar-refractivity contribution in [3.63, 3.8) is 0 Å². The predicted octanol–water partition coefficient (Wildman–Crippen LogP) is 7.78. The smallest absolute Gasteiger partial charge is 0.344 e. The highest BCUT2D eigenvalue weighted by atomic mass is 35.5. The molecule has 0 fully saturated rings. The summed E-state index contributed by atoms with van der Waals surface area (Å²) in [6.45, 7) is 2.09. The molecule has 0 saturated carbocycles. The standard InChI is InChI=1S/C33H26ClNO6S/c1-3-40-33(38)29-30(36)28(42-32(29)35-31(37)24-10-6-7-11-25(24)34)18-20-13-15-26(27(17-20)39-2)41-19-21-12-14-22-8-4-5-9-23(22)16-21/h4-18,36H,3,19H2,1-2H3/b28-18-,35-32?. The zero-order valence-corrected chi connectivity index (χ0v) is 24.4. The number of thioether (sulfide) groups is 1. The van der Waals surface area contributed by atoms with Crippen molar-refractivity contribution in [2.75, 3.05) is 13.7 Å². The molecule has 212 valence electrons. The molecule has 0 atom stereocenters. The normalized spacial score (nSPS) is 14.9. The molecule has 0 aromatic heterocycles. The lowest BCUT2D eigenvalue weighted by atomic mass is 10.1. The molecule has 1 N–H and O–H groups in total. The van der Waals surface area contributed by atoms with Gasteiger partial charge in [0, 0.05) is 0 Å². The van der Waals surface area contributed by atoms with Crippen molar-refractivity contribution in [2.45, 2.75) is 13.5 Å². The van der Waals surface area contributed by atoms with Crippen molar-refractivity contribution in [1.82, 2.24) is 0 Å². The van der Waals surface area contributed by atoms with Crippen LogP contribution < -0.4 is 9.47 Å². The molecular weight excluding hydrogens is 574 g/mol. The number of ether oxygens (including phenoxy) is 3. The van der Waals surface area contributed by atoms with E-state index < -0.39 is 11.9 Å². The lowest BCUT2D eigenvalue weighted by Crippen LogP contribution is -2.14. The predicted molar refractivity (Wildman–Crippen MR) is 166 cm³/mol.